The minimum atomic E-state index is -0.362. The van der Waals surface area contributed by atoms with Gasteiger partial charge in [-0.3, -0.25) is 4.79 Å². The third-order valence-corrected chi connectivity index (χ3v) is 2.96. The molecule has 0 aliphatic carbocycles. The quantitative estimate of drug-likeness (QED) is 0.874. The van der Waals surface area contributed by atoms with Crippen molar-refractivity contribution >= 4 is 5.91 Å². The van der Waals surface area contributed by atoms with Gasteiger partial charge in [0.15, 0.2) is 0 Å². The van der Waals surface area contributed by atoms with E-state index in [0.29, 0.717) is 0 Å². The molecule has 0 saturated heterocycles. The highest BCUT2D eigenvalue weighted by Crippen LogP contribution is 2.27. The van der Waals surface area contributed by atoms with E-state index in [0.717, 1.165) is 23.3 Å². The molecule has 1 heterocycles. The molecule has 17 heavy (non-hydrogen) atoms. The van der Waals surface area contributed by atoms with Gasteiger partial charge in [-0.25, -0.2) is 0 Å². The molecule has 3 nitrogen and oxygen atoms in total. The molecule has 0 aromatic carbocycles. The summed E-state index contributed by atoms with van der Waals surface area (Å²) in [5.74, 6) is 0.966. The van der Waals surface area contributed by atoms with Gasteiger partial charge in [0.25, 0.3) is 0 Å². The number of nitrogens with one attached hydrogen (secondary N) is 1. The second kappa shape index (κ2) is 4.94. The Hall–Kier alpha value is -1.25. The summed E-state index contributed by atoms with van der Waals surface area (Å²) >= 11 is 0. The number of hydrogen-bond acceptors (Lipinski definition) is 2. The van der Waals surface area contributed by atoms with E-state index in [1.54, 1.807) is 6.26 Å². The van der Waals surface area contributed by atoms with Crippen LogP contribution in [0.25, 0.3) is 0 Å². The molecule has 1 unspecified atom stereocenters. The molecule has 0 saturated carbocycles. The maximum absolute atomic E-state index is 12.0. The lowest BCUT2D eigenvalue weighted by atomic mass is 9.93. The predicted octanol–water partition coefficient (Wildman–Crippen LogP) is 3.51. The van der Waals surface area contributed by atoms with E-state index in [2.05, 4.69) is 12.2 Å². The summed E-state index contributed by atoms with van der Waals surface area (Å²) < 4.78 is 5.39. The van der Waals surface area contributed by atoms with Crippen LogP contribution in [-0.2, 0) is 4.79 Å². The van der Waals surface area contributed by atoms with Crippen LogP contribution in [0.5, 0.6) is 0 Å². The molecule has 0 radical (unpaired) electrons. The maximum Gasteiger partial charge on any atom is 0.225 e. The first-order valence-corrected chi connectivity index (χ1v) is 6.13. The van der Waals surface area contributed by atoms with Crippen molar-refractivity contribution in [2.24, 2.45) is 5.41 Å². The van der Waals surface area contributed by atoms with E-state index >= 15 is 0 Å². The van der Waals surface area contributed by atoms with Crippen LogP contribution in [0.15, 0.2) is 10.7 Å². The second-order valence-electron chi connectivity index (χ2n) is 5.57. The Morgan fingerprint density at radius 2 is 2.00 bits per heavy atom. The lowest BCUT2D eigenvalue weighted by Crippen LogP contribution is -2.37. The zero-order valence-electron chi connectivity index (χ0n) is 11.7. The first-order chi connectivity index (χ1) is 7.77. The van der Waals surface area contributed by atoms with Crippen LogP contribution >= 0.6 is 0 Å². The van der Waals surface area contributed by atoms with Crippen LogP contribution in [0.2, 0.25) is 0 Å². The Morgan fingerprint density at radius 1 is 1.41 bits per heavy atom. The first-order valence-electron chi connectivity index (χ1n) is 6.13. The first kappa shape index (κ1) is 13.8. The van der Waals surface area contributed by atoms with Gasteiger partial charge in [0.2, 0.25) is 5.91 Å². The molecule has 1 aromatic rings. The second-order valence-corrected chi connectivity index (χ2v) is 5.57. The molecule has 0 bridgehead atoms. The Labute approximate surface area is 104 Å². The van der Waals surface area contributed by atoms with E-state index < -0.39 is 0 Å². The number of amides is 1. The molecule has 1 amide bonds. The van der Waals surface area contributed by atoms with Gasteiger partial charge in [-0.1, -0.05) is 27.7 Å². The van der Waals surface area contributed by atoms with Crippen molar-refractivity contribution in [3.63, 3.8) is 0 Å². The number of aryl methyl sites for hydroxylation is 2. The Bertz CT molecular complexity index is 379. The number of furan rings is 1. The van der Waals surface area contributed by atoms with Crippen molar-refractivity contribution in [3.8, 4) is 0 Å². The van der Waals surface area contributed by atoms with Crippen molar-refractivity contribution < 1.29 is 9.21 Å². The Balaban J connectivity index is 2.91. The smallest absolute Gasteiger partial charge is 0.225 e. The van der Waals surface area contributed by atoms with Gasteiger partial charge in [0.05, 0.1) is 12.3 Å². The third-order valence-electron chi connectivity index (χ3n) is 2.96. The SMILES string of the molecule is CCC(NC(=O)C(C)(C)C)c1c(C)coc1C. The average Bonchev–Trinajstić information content (AvgIpc) is 2.54. The largest absolute Gasteiger partial charge is 0.469 e. The molecule has 0 aliphatic heterocycles. The summed E-state index contributed by atoms with van der Waals surface area (Å²) in [6.07, 6.45) is 2.61. The highest BCUT2D eigenvalue weighted by Gasteiger charge is 2.26. The highest BCUT2D eigenvalue weighted by atomic mass is 16.3. The third kappa shape index (κ3) is 3.11. The van der Waals surface area contributed by atoms with Gasteiger partial charge < -0.3 is 9.73 Å². The van der Waals surface area contributed by atoms with Crippen molar-refractivity contribution in [2.75, 3.05) is 0 Å². The van der Waals surface area contributed by atoms with E-state index in [4.69, 9.17) is 4.42 Å². The van der Waals surface area contributed by atoms with Crippen molar-refractivity contribution in [1.29, 1.82) is 0 Å². The topological polar surface area (TPSA) is 42.2 Å². The molecule has 0 fully saturated rings. The van der Waals surface area contributed by atoms with Gasteiger partial charge in [-0.15, -0.1) is 0 Å². The molecular formula is C14H23NO2. The molecule has 0 spiro atoms. The molecule has 1 atom stereocenters. The van der Waals surface area contributed by atoms with Gasteiger partial charge in [-0.05, 0) is 25.8 Å². The highest BCUT2D eigenvalue weighted by molar-refractivity contribution is 5.81. The summed E-state index contributed by atoms with van der Waals surface area (Å²) in [7, 11) is 0. The minimum absolute atomic E-state index is 0.0421. The standard InChI is InChI=1S/C14H23NO2/c1-7-11(15-13(16)14(4,5)6)12-9(2)8-17-10(12)3/h8,11H,7H2,1-6H3,(H,15,16). The zero-order valence-corrected chi connectivity index (χ0v) is 11.7. The lowest BCUT2D eigenvalue weighted by molar-refractivity contribution is -0.129. The van der Waals surface area contributed by atoms with Crippen LogP contribution < -0.4 is 5.32 Å². The van der Waals surface area contributed by atoms with Crippen molar-refractivity contribution in [3.05, 3.63) is 23.2 Å². The Kier molecular flexibility index (Phi) is 4.02. The number of carbonyl (C=O) groups is 1. The fourth-order valence-corrected chi connectivity index (χ4v) is 1.85. The van der Waals surface area contributed by atoms with Crippen LogP contribution in [0.3, 0.4) is 0 Å². The van der Waals surface area contributed by atoms with Crippen LogP contribution in [0.1, 0.15) is 57.0 Å². The Morgan fingerprint density at radius 3 is 2.35 bits per heavy atom. The monoisotopic (exact) mass is 237 g/mol. The van der Waals surface area contributed by atoms with E-state index in [-0.39, 0.29) is 17.4 Å². The predicted molar refractivity (Wildman–Crippen MR) is 68.8 cm³/mol. The van der Waals surface area contributed by atoms with Crippen LogP contribution in [0, 0.1) is 19.3 Å². The fourth-order valence-electron chi connectivity index (χ4n) is 1.85. The summed E-state index contributed by atoms with van der Waals surface area (Å²) in [6.45, 7) is 11.8. The maximum atomic E-state index is 12.0. The average molecular weight is 237 g/mol. The summed E-state index contributed by atoms with van der Waals surface area (Å²) in [5, 5.41) is 3.09. The van der Waals surface area contributed by atoms with Gasteiger partial charge in [0.1, 0.15) is 5.76 Å². The summed E-state index contributed by atoms with van der Waals surface area (Å²) in [6, 6.07) is 0.0421. The molecular weight excluding hydrogens is 214 g/mol. The number of carbonyl (C=O) groups excluding carboxylic acids is 1. The zero-order chi connectivity index (χ0) is 13.2. The van der Waals surface area contributed by atoms with Gasteiger partial charge in [0, 0.05) is 11.0 Å². The van der Waals surface area contributed by atoms with Gasteiger partial charge in [-0.2, -0.15) is 0 Å². The van der Waals surface area contributed by atoms with E-state index in [9.17, 15) is 4.79 Å². The van der Waals surface area contributed by atoms with E-state index in [1.165, 1.54) is 0 Å². The van der Waals surface area contributed by atoms with Crippen LogP contribution in [-0.4, -0.2) is 5.91 Å². The molecule has 1 N–H and O–H groups in total. The number of rotatable bonds is 3. The lowest BCUT2D eigenvalue weighted by Gasteiger charge is -2.24. The van der Waals surface area contributed by atoms with Crippen molar-refractivity contribution in [1.82, 2.24) is 5.32 Å². The molecule has 3 heteroatoms. The molecule has 96 valence electrons. The van der Waals surface area contributed by atoms with Crippen molar-refractivity contribution in [2.45, 2.75) is 54.0 Å². The molecule has 1 rings (SSSR count). The molecule has 1 aromatic heterocycles. The normalized spacial score (nSPS) is 13.5. The van der Waals surface area contributed by atoms with Gasteiger partial charge >= 0.3 is 0 Å². The fraction of sp³-hybridized carbons (Fsp3) is 0.643. The van der Waals surface area contributed by atoms with Crippen LogP contribution in [0.4, 0.5) is 0 Å². The summed E-state index contributed by atoms with van der Waals surface area (Å²) in [4.78, 5) is 12.0. The van der Waals surface area contributed by atoms with E-state index in [1.807, 2.05) is 34.6 Å². The minimum Gasteiger partial charge on any atom is -0.469 e. The number of hydrogen-bond donors (Lipinski definition) is 1. The summed E-state index contributed by atoms with van der Waals surface area (Å²) in [5.41, 5.74) is 1.85. The molecule has 0 aliphatic rings.